The summed E-state index contributed by atoms with van der Waals surface area (Å²) in [6.07, 6.45) is 0.00840. The maximum atomic E-state index is 11.9. The van der Waals surface area contributed by atoms with Crippen molar-refractivity contribution in [3.63, 3.8) is 0 Å². The molecule has 1 rings (SSSR count). The van der Waals surface area contributed by atoms with Gasteiger partial charge in [-0.25, -0.2) is 4.79 Å². The minimum atomic E-state index is -0.876. The predicted molar refractivity (Wildman–Crippen MR) is 81.4 cm³/mol. The van der Waals surface area contributed by atoms with E-state index in [-0.39, 0.29) is 19.0 Å². The van der Waals surface area contributed by atoms with E-state index in [0.717, 1.165) is 5.75 Å². The quantitative estimate of drug-likeness (QED) is 0.698. The molecule has 1 heterocycles. The number of urea groups is 1. The molecule has 0 aliphatic carbocycles. The Morgan fingerprint density at radius 1 is 1.33 bits per heavy atom. The Balaban J connectivity index is 2.48. The van der Waals surface area contributed by atoms with Gasteiger partial charge in [0.25, 0.3) is 0 Å². The number of nitrogens with one attached hydrogen (secondary N) is 2. The van der Waals surface area contributed by atoms with E-state index >= 15 is 0 Å². The molecule has 0 spiro atoms. The third-order valence-corrected chi connectivity index (χ3v) is 3.94. The largest absolute Gasteiger partial charge is 0.481 e. The molecule has 0 bridgehead atoms. The Kier molecular flexibility index (Phi) is 6.47. The average molecular weight is 317 g/mol. The van der Waals surface area contributed by atoms with Crippen LogP contribution in [0.25, 0.3) is 0 Å². The van der Waals surface area contributed by atoms with Crippen LogP contribution in [0.3, 0.4) is 0 Å². The van der Waals surface area contributed by atoms with Crippen molar-refractivity contribution in [3.8, 4) is 0 Å². The monoisotopic (exact) mass is 317 g/mol. The molecule has 0 aromatic heterocycles. The van der Waals surface area contributed by atoms with Gasteiger partial charge in [0.15, 0.2) is 0 Å². The minimum Gasteiger partial charge on any atom is -0.481 e. The van der Waals surface area contributed by atoms with Gasteiger partial charge >= 0.3 is 12.0 Å². The highest BCUT2D eigenvalue weighted by atomic mass is 32.2. The van der Waals surface area contributed by atoms with Crippen molar-refractivity contribution in [1.29, 1.82) is 0 Å². The lowest BCUT2D eigenvalue weighted by Gasteiger charge is -2.33. The smallest absolute Gasteiger partial charge is 0.321 e. The number of carbonyl (C=O) groups excluding carboxylic acids is 2. The molecule has 3 N–H and O–H groups in total. The molecule has 8 heteroatoms. The summed E-state index contributed by atoms with van der Waals surface area (Å²) in [5, 5.41) is 13.8. The number of carbonyl (C=O) groups is 3. The van der Waals surface area contributed by atoms with Crippen LogP contribution in [0.15, 0.2) is 0 Å². The van der Waals surface area contributed by atoms with E-state index in [0.29, 0.717) is 12.3 Å². The highest BCUT2D eigenvalue weighted by Gasteiger charge is 2.27. The number of imide groups is 1. The summed E-state index contributed by atoms with van der Waals surface area (Å²) < 4.78 is 0. The van der Waals surface area contributed by atoms with E-state index in [9.17, 15) is 14.4 Å². The molecule has 21 heavy (non-hydrogen) atoms. The van der Waals surface area contributed by atoms with Crippen molar-refractivity contribution in [2.45, 2.75) is 38.8 Å². The standard InChI is InChI=1S/C13H23N3O4S/c1-13(2,3)15-12(20)14-10(17)7-16-4-5-21-8-9(16)6-11(18)19/h9H,4-8H2,1-3H3,(H,18,19)(H2,14,15,17,20). The lowest BCUT2D eigenvalue weighted by atomic mass is 10.1. The number of hydrogen-bond acceptors (Lipinski definition) is 5. The van der Waals surface area contributed by atoms with Gasteiger partial charge in [0.2, 0.25) is 5.91 Å². The molecule has 1 aliphatic rings. The first kappa shape index (κ1) is 17.8. The molecular weight excluding hydrogens is 294 g/mol. The van der Waals surface area contributed by atoms with E-state index in [1.807, 2.05) is 25.7 Å². The lowest BCUT2D eigenvalue weighted by molar-refractivity contribution is -0.138. The number of amides is 3. The van der Waals surface area contributed by atoms with E-state index < -0.39 is 23.4 Å². The van der Waals surface area contributed by atoms with Crippen molar-refractivity contribution in [2.24, 2.45) is 0 Å². The first-order chi connectivity index (χ1) is 9.67. The van der Waals surface area contributed by atoms with Crippen LogP contribution in [0.1, 0.15) is 27.2 Å². The fraction of sp³-hybridized carbons (Fsp3) is 0.769. The predicted octanol–water partition coefficient (Wildman–Crippen LogP) is 0.503. The van der Waals surface area contributed by atoms with Crippen LogP contribution < -0.4 is 10.6 Å². The summed E-state index contributed by atoms with van der Waals surface area (Å²) in [7, 11) is 0. The van der Waals surface area contributed by atoms with Gasteiger partial charge in [-0.2, -0.15) is 11.8 Å². The Hall–Kier alpha value is -1.28. The first-order valence-electron chi connectivity index (χ1n) is 6.83. The van der Waals surface area contributed by atoms with Crippen LogP contribution in [0.2, 0.25) is 0 Å². The Bertz CT molecular complexity index is 409. The fourth-order valence-electron chi connectivity index (χ4n) is 2.01. The summed E-state index contributed by atoms with van der Waals surface area (Å²) in [4.78, 5) is 36.1. The minimum absolute atomic E-state index is 0.00840. The molecule has 3 amide bonds. The Morgan fingerprint density at radius 3 is 2.57 bits per heavy atom. The van der Waals surface area contributed by atoms with Crippen LogP contribution in [-0.4, -0.2) is 64.1 Å². The SMILES string of the molecule is CC(C)(C)NC(=O)NC(=O)CN1CCSCC1CC(=O)O. The van der Waals surface area contributed by atoms with Crippen LogP contribution >= 0.6 is 11.8 Å². The van der Waals surface area contributed by atoms with E-state index in [1.165, 1.54) is 0 Å². The van der Waals surface area contributed by atoms with Crippen molar-refractivity contribution in [3.05, 3.63) is 0 Å². The highest BCUT2D eigenvalue weighted by molar-refractivity contribution is 7.99. The number of carboxylic acid groups (broad SMARTS) is 1. The molecular formula is C13H23N3O4S. The molecule has 120 valence electrons. The number of hydrogen-bond donors (Lipinski definition) is 3. The highest BCUT2D eigenvalue weighted by Crippen LogP contribution is 2.18. The fourth-order valence-corrected chi connectivity index (χ4v) is 3.14. The van der Waals surface area contributed by atoms with Crippen LogP contribution in [0, 0.1) is 0 Å². The van der Waals surface area contributed by atoms with Crippen molar-refractivity contribution in [1.82, 2.24) is 15.5 Å². The molecule has 1 unspecified atom stereocenters. The van der Waals surface area contributed by atoms with Gasteiger partial charge in [-0.3, -0.25) is 19.8 Å². The number of nitrogens with zero attached hydrogens (tertiary/aromatic N) is 1. The summed E-state index contributed by atoms with van der Waals surface area (Å²) in [5.41, 5.74) is -0.419. The van der Waals surface area contributed by atoms with Gasteiger partial charge in [-0.05, 0) is 20.8 Å². The zero-order valence-corrected chi connectivity index (χ0v) is 13.5. The second-order valence-electron chi connectivity index (χ2n) is 6.05. The van der Waals surface area contributed by atoms with Crippen LogP contribution in [0.5, 0.6) is 0 Å². The Morgan fingerprint density at radius 2 is 2.00 bits per heavy atom. The maximum absolute atomic E-state index is 11.9. The van der Waals surface area contributed by atoms with E-state index in [1.54, 1.807) is 11.8 Å². The van der Waals surface area contributed by atoms with Crippen molar-refractivity contribution in [2.75, 3.05) is 24.6 Å². The molecule has 0 aromatic rings. The van der Waals surface area contributed by atoms with Gasteiger partial charge in [0.1, 0.15) is 0 Å². The summed E-state index contributed by atoms with van der Waals surface area (Å²) >= 11 is 1.68. The normalized spacial score (nSPS) is 19.9. The van der Waals surface area contributed by atoms with Gasteiger partial charge in [0.05, 0.1) is 13.0 Å². The van der Waals surface area contributed by atoms with Gasteiger partial charge in [-0.15, -0.1) is 0 Å². The molecule has 1 atom stereocenters. The van der Waals surface area contributed by atoms with Gasteiger partial charge in [-0.1, -0.05) is 0 Å². The topological polar surface area (TPSA) is 98.7 Å². The lowest BCUT2D eigenvalue weighted by Crippen LogP contribution is -2.52. The average Bonchev–Trinajstić information content (AvgIpc) is 2.28. The molecule has 0 saturated carbocycles. The number of thioether (sulfide) groups is 1. The molecule has 0 radical (unpaired) electrons. The zero-order valence-electron chi connectivity index (χ0n) is 12.6. The molecule has 1 aliphatic heterocycles. The number of aliphatic carboxylic acids is 1. The Labute approximate surface area is 128 Å². The van der Waals surface area contributed by atoms with E-state index in [4.69, 9.17) is 5.11 Å². The molecule has 0 aromatic carbocycles. The summed E-state index contributed by atoms with van der Waals surface area (Å²) in [6, 6.07) is -0.702. The third-order valence-electron chi connectivity index (χ3n) is 2.85. The zero-order chi connectivity index (χ0) is 16.0. The third kappa shape index (κ3) is 7.33. The number of carboxylic acids is 1. The molecule has 1 saturated heterocycles. The second-order valence-corrected chi connectivity index (χ2v) is 7.20. The van der Waals surface area contributed by atoms with Crippen molar-refractivity contribution < 1.29 is 19.5 Å². The maximum Gasteiger partial charge on any atom is 0.321 e. The second kappa shape index (κ2) is 7.65. The first-order valence-corrected chi connectivity index (χ1v) is 7.98. The summed E-state index contributed by atoms with van der Waals surface area (Å²) in [5.74, 6) is 0.253. The van der Waals surface area contributed by atoms with Gasteiger partial charge < -0.3 is 10.4 Å². The van der Waals surface area contributed by atoms with Gasteiger partial charge in [0, 0.05) is 29.6 Å². The van der Waals surface area contributed by atoms with Crippen molar-refractivity contribution >= 4 is 29.7 Å². The molecule has 7 nitrogen and oxygen atoms in total. The summed E-state index contributed by atoms with van der Waals surface area (Å²) in [6.45, 7) is 6.15. The molecule has 1 fully saturated rings. The van der Waals surface area contributed by atoms with Crippen LogP contribution in [-0.2, 0) is 9.59 Å². The number of rotatable bonds is 4. The van der Waals surface area contributed by atoms with Crippen LogP contribution in [0.4, 0.5) is 4.79 Å². The van der Waals surface area contributed by atoms with E-state index in [2.05, 4.69) is 10.6 Å².